The smallest absolute Gasteiger partial charge is 0.412 e. The average Bonchev–Trinajstić information content (AvgIpc) is 2.51. The maximum atomic E-state index is 12.4. The van der Waals surface area contributed by atoms with Gasteiger partial charge in [0.05, 0.1) is 6.04 Å². The zero-order valence-corrected chi connectivity index (χ0v) is 11.8. The number of methoxy groups -OCH3 is 1. The van der Waals surface area contributed by atoms with Gasteiger partial charge >= 0.3 is 6.09 Å². The summed E-state index contributed by atoms with van der Waals surface area (Å²) in [5, 5.41) is 3.26. The molecule has 0 aliphatic carbocycles. The molecule has 0 saturated carbocycles. The molecule has 1 N–H and O–H groups in total. The van der Waals surface area contributed by atoms with Crippen LogP contribution in [0.4, 0.5) is 4.79 Å². The fourth-order valence-electron chi connectivity index (χ4n) is 2.41. The van der Waals surface area contributed by atoms with Crippen LogP contribution in [0.5, 0.6) is 0 Å². The summed E-state index contributed by atoms with van der Waals surface area (Å²) >= 11 is 0. The number of nitrogens with one attached hydrogen (secondary N) is 1. The fourth-order valence-corrected chi connectivity index (χ4v) is 2.41. The second kappa shape index (κ2) is 5.92. The summed E-state index contributed by atoms with van der Waals surface area (Å²) in [4.78, 5) is 22.1. The molecule has 1 unspecified atom stereocenters. The van der Waals surface area contributed by atoms with Crippen LogP contribution >= 0.6 is 0 Å². The fraction of sp³-hybridized carbons (Fsp3) is 0.615. The minimum Gasteiger partial charge on any atom is -0.412 e. The van der Waals surface area contributed by atoms with Crippen molar-refractivity contribution < 1.29 is 19.0 Å². The Kier molecular flexibility index (Phi) is 4.00. The summed E-state index contributed by atoms with van der Waals surface area (Å²) in [6.07, 6.45) is 4.48. The summed E-state index contributed by atoms with van der Waals surface area (Å²) in [5.41, 5.74) is 0.873. The highest BCUT2D eigenvalue weighted by Gasteiger charge is 2.45. The molecule has 21 heavy (non-hydrogen) atoms. The summed E-state index contributed by atoms with van der Waals surface area (Å²) < 4.78 is 15.8. The molecule has 1 aromatic rings. The molecule has 0 bridgehead atoms. The third-order valence-electron chi connectivity index (χ3n) is 3.73. The number of piperazine rings is 1. The zero-order chi connectivity index (χ0) is 14.7. The minimum atomic E-state index is -0.945. The lowest BCUT2D eigenvalue weighted by atomic mass is 10.1. The first-order valence-corrected chi connectivity index (χ1v) is 6.82. The molecule has 1 aromatic heterocycles. The Bertz CT molecular complexity index is 489. The first-order chi connectivity index (χ1) is 10.2. The van der Waals surface area contributed by atoms with Crippen molar-refractivity contribution >= 4 is 6.09 Å². The Morgan fingerprint density at radius 2 is 2.24 bits per heavy atom. The number of amides is 1. The van der Waals surface area contributed by atoms with E-state index in [9.17, 15) is 4.79 Å². The van der Waals surface area contributed by atoms with Gasteiger partial charge < -0.3 is 19.5 Å². The predicted octanol–water partition coefficient (Wildman–Crippen LogP) is -0.0676. The van der Waals surface area contributed by atoms with Crippen molar-refractivity contribution in [1.29, 1.82) is 0 Å². The predicted molar refractivity (Wildman–Crippen MR) is 71.4 cm³/mol. The van der Waals surface area contributed by atoms with E-state index in [1.807, 2.05) is 0 Å². The van der Waals surface area contributed by atoms with Gasteiger partial charge in [0.1, 0.15) is 19.5 Å². The summed E-state index contributed by atoms with van der Waals surface area (Å²) in [7, 11) is 1.51. The third kappa shape index (κ3) is 2.82. The molecule has 8 heteroatoms. The molecule has 3 heterocycles. The number of ether oxygens (including phenoxy) is 3. The van der Waals surface area contributed by atoms with Crippen LogP contribution in [0.25, 0.3) is 0 Å². The van der Waals surface area contributed by atoms with Gasteiger partial charge in [-0.25, -0.2) is 14.8 Å². The molecule has 8 nitrogen and oxygen atoms in total. The first-order valence-electron chi connectivity index (χ1n) is 6.82. The van der Waals surface area contributed by atoms with Crippen molar-refractivity contribution in [3.63, 3.8) is 0 Å². The van der Waals surface area contributed by atoms with Crippen LogP contribution in [0.1, 0.15) is 11.6 Å². The summed E-state index contributed by atoms with van der Waals surface area (Å²) in [6, 6.07) is -0.151. The monoisotopic (exact) mass is 294 g/mol. The lowest BCUT2D eigenvalue weighted by Gasteiger charge is -2.42. The van der Waals surface area contributed by atoms with Gasteiger partial charge in [0.15, 0.2) is 0 Å². The molecule has 114 valence electrons. The first kappa shape index (κ1) is 14.2. The van der Waals surface area contributed by atoms with Crippen molar-refractivity contribution in [3.8, 4) is 0 Å². The molecule has 1 amide bonds. The summed E-state index contributed by atoms with van der Waals surface area (Å²) in [6.45, 7) is 2.44. The Morgan fingerprint density at radius 3 is 2.86 bits per heavy atom. The second-order valence-corrected chi connectivity index (χ2v) is 5.06. The normalized spacial score (nSPS) is 24.2. The lowest BCUT2D eigenvalue weighted by molar-refractivity contribution is -0.310. The van der Waals surface area contributed by atoms with Crippen LogP contribution in [0, 0.1) is 0 Å². The summed E-state index contributed by atoms with van der Waals surface area (Å²) in [5.74, 6) is -0.945. The number of carbonyl (C=O) groups excluding carboxylic acids is 1. The number of carbonyl (C=O) groups is 1. The van der Waals surface area contributed by atoms with Crippen LogP contribution in [-0.4, -0.2) is 66.7 Å². The zero-order valence-electron chi connectivity index (χ0n) is 11.8. The van der Waals surface area contributed by atoms with Crippen molar-refractivity contribution in [3.05, 3.63) is 24.3 Å². The van der Waals surface area contributed by atoms with Crippen LogP contribution < -0.4 is 5.32 Å². The topological polar surface area (TPSA) is 85.8 Å². The standard InChI is InChI=1S/C13H18N4O4/c1-19-13(7-20-8-13)21-12(18)17-3-2-14-6-11(17)10-4-15-9-16-5-10/h4-5,9,11,14H,2-3,6-8H2,1H3. The molecular formula is C13H18N4O4. The van der Waals surface area contributed by atoms with Gasteiger partial charge in [-0.3, -0.25) is 4.90 Å². The van der Waals surface area contributed by atoms with E-state index < -0.39 is 11.9 Å². The number of hydrogen-bond acceptors (Lipinski definition) is 7. The Balaban J connectivity index is 1.73. The van der Waals surface area contributed by atoms with Gasteiger partial charge in [0.25, 0.3) is 5.79 Å². The van der Waals surface area contributed by atoms with E-state index in [-0.39, 0.29) is 19.3 Å². The Labute approximate surface area is 122 Å². The lowest BCUT2D eigenvalue weighted by Crippen LogP contribution is -2.58. The quantitative estimate of drug-likeness (QED) is 0.781. The highest BCUT2D eigenvalue weighted by Crippen LogP contribution is 2.27. The Morgan fingerprint density at radius 1 is 1.48 bits per heavy atom. The molecule has 1 atom stereocenters. The van der Waals surface area contributed by atoms with Crippen LogP contribution in [0.2, 0.25) is 0 Å². The molecule has 0 aromatic carbocycles. The van der Waals surface area contributed by atoms with Crippen LogP contribution in [-0.2, 0) is 14.2 Å². The van der Waals surface area contributed by atoms with Gasteiger partial charge in [-0.2, -0.15) is 0 Å². The van der Waals surface area contributed by atoms with E-state index in [1.54, 1.807) is 17.3 Å². The number of nitrogens with zero attached hydrogens (tertiary/aromatic N) is 3. The molecule has 2 aliphatic rings. The molecule has 3 rings (SSSR count). The highest BCUT2D eigenvalue weighted by atomic mass is 16.8. The van der Waals surface area contributed by atoms with E-state index in [4.69, 9.17) is 14.2 Å². The Hall–Kier alpha value is -1.77. The van der Waals surface area contributed by atoms with Gasteiger partial charge in [0, 0.05) is 44.7 Å². The van der Waals surface area contributed by atoms with E-state index in [1.165, 1.54) is 13.4 Å². The molecule has 2 aliphatic heterocycles. The number of hydrogen-bond donors (Lipinski definition) is 1. The second-order valence-electron chi connectivity index (χ2n) is 5.06. The van der Waals surface area contributed by atoms with Gasteiger partial charge in [-0.1, -0.05) is 0 Å². The van der Waals surface area contributed by atoms with Gasteiger partial charge in [0.2, 0.25) is 0 Å². The highest BCUT2D eigenvalue weighted by molar-refractivity contribution is 5.69. The van der Waals surface area contributed by atoms with Crippen molar-refractivity contribution in [1.82, 2.24) is 20.2 Å². The largest absolute Gasteiger partial charge is 0.413 e. The SMILES string of the molecule is COC1(OC(=O)N2CCNCC2c2cncnc2)COC1. The maximum Gasteiger partial charge on any atom is 0.413 e. The third-order valence-corrected chi connectivity index (χ3v) is 3.73. The van der Waals surface area contributed by atoms with E-state index in [0.29, 0.717) is 13.1 Å². The maximum absolute atomic E-state index is 12.4. The van der Waals surface area contributed by atoms with Crippen molar-refractivity contribution in [2.45, 2.75) is 11.8 Å². The van der Waals surface area contributed by atoms with Gasteiger partial charge in [-0.05, 0) is 0 Å². The molecule has 0 radical (unpaired) electrons. The van der Waals surface area contributed by atoms with Crippen LogP contribution in [0.3, 0.4) is 0 Å². The molecule has 2 saturated heterocycles. The number of aromatic nitrogens is 2. The van der Waals surface area contributed by atoms with Crippen molar-refractivity contribution in [2.75, 3.05) is 40.0 Å². The average molecular weight is 294 g/mol. The van der Waals surface area contributed by atoms with E-state index in [0.717, 1.165) is 12.1 Å². The van der Waals surface area contributed by atoms with Crippen molar-refractivity contribution in [2.24, 2.45) is 0 Å². The minimum absolute atomic E-state index is 0.151. The molecule has 0 spiro atoms. The molecule has 2 fully saturated rings. The number of rotatable bonds is 3. The van der Waals surface area contributed by atoms with Gasteiger partial charge in [-0.15, -0.1) is 0 Å². The van der Waals surface area contributed by atoms with Crippen LogP contribution in [0.15, 0.2) is 18.7 Å². The van der Waals surface area contributed by atoms with E-state index >= 15 is 0 Å². The van der Waals surface area contributed by atoms with E-state index in [2.05, 4.69) is 15.3 Å². The molecular weight excluding hydrogens is 276 g/mol.